The molecule has 152 valence electrons. The number of nitrogens with one attached hydrogen (secondary N) is 2. The predicted molar refractivity (Wildman–Crippen MR) is 99.6 cm³/mol. The molecule has 0 bridgehead atoms. The average molecular weight is 397 g/mol. The van der Waals surface area contributed by atoms with Gasteiger partial charge < -0.3 is 16.0 Å². The molecule has 0 radical (unpaired) electrons. The van der Waals surface area contributed by atoms with Crippen molar-refractivity contribution in [2.24, 2.45) is 5.73 Å². The fourth-order valence-electron chi connectivity index (χ4n) is 2.87. The Morgan fingerprint density at radius 3 is 2.36 bits per heavy atom. The van der Waals surface area contributed by atoms with Crippen molar-refractivity contribution < 1.29 is 22.8 Å². The minimum absolute atomic E-state index is 0.0208. The molecule has 1 heterocycles. The predicted octanol–water partition coefficient (Wildman–Crippen LogP) is 3.06. The van der Waals surface area contributed by atoms with Crippen LogP contribution in [0.4, 0.5) is 23.7 Å². The fraction of sp³-hybridized carbons (Fsp3) is 0.333. The van der Waals surface area contributed by atoms with E-state index in [2.05, 4.69) is 10.7 Å². The minimum Gasteiger partial charge on any atom is -0.350 e. The first-order valence-electron chi connectivity index (χ1n) is 8.31. The Balaban J connectivity index is 2.33. The molecule has 0 aliphatic heterocycles. The number of carbonyl (C=O) groups is 2. The maximum absolute atomic E-state index is 13.4. The molecule has 10 heteroatoms. The van der Waals surface area contributed by atoms with E-state index in [0.29, 0.717) is 11.4 Å². The maximum atomic E-state index is 13.4. The standard InChI is InChI=1S/C18H22F3N5O2/c1-10-7-14(11(2)26(10)24-17(22)28)16(27)23-13-6-5-12(9-25(3)4)15(8-13)18(19,20)21/h5-8H,9H2,1-4H3,(H,23,27)(H3,22,24,28). The number of halogens is 3. The zero-order valence-corrected chi connectivity index (χ0v) is 15.9. The van der Waals surface area contributed by atoms with Gasteiger partial charge in [0.05, 0.1) is 11.1 Å². The van der Waals surface area contributed by atoms with Crippen molar-refractivity contribution in [2.45, 2.75) is 26.6 Å². The second kappa shape index (κ2) is 7.93. The lowest BCUT2D eigenvalue weighted by Gasteiger charge is -2.18. The average Bonchev–Trinajstić information content (AvgIpc) is 2.82. The van der Waals surface area contributed by atoms with Crippen molar-refractivity contribution in [1.82, 2.24) is 9.58 Å². The van der Waals surface area contributed by atoms with Crippen LogP contribution in [-0.4, -0.2) is 35.6 Å². The summed E-state index contributed by atoms with van der Waals surface area (Å²) in [5.74, 6) is -0.598. The topological polar surface area (TPSA) is 92.4 Å². The van der Waals surface area contributed by atoms with E-state index in [0.717, 1.165) is 6.07 Å². The summed E-state index contributed by atoms with van der Waals surface area (Å²) < 4.78 is 41.5. The molecule has 28 heavy (non-hydrogen) atoms. The van der Waals surface area contributed by atoms with Crippen molar-refractivity contribution in [1.29, 1.82) is 0 Å². The van der Waals surface area contributed by atoms with E-state index in [-0.39, 0.29) is 23.4 Å². The number of anilines is 1. The van der Waals surface area contributed by atoms with E-state index >= 15 is 0 Å². The summed E-state index contributed by atoms with van der Waals surface area (Å²) >= 11 is 0. The summed E-state index contributed by atoms with van der Waals surface area (Å²) in [6, 6.07) is 4.38. The summed E-state index contributed by atoms with van der Waals surface area (Å²) in [5.41, 5.74) is 7.92. The molecule has 2 rings (SSSR count). The van der Waals surface area contributed by atoms with Gasteiger partial charge in [0.2, 0.25) is 0 Å². The van der Waals surface area contributed by atoms with Crippen LogP contribution in [0.1, 0.15) is 32.9 Å². The van der Waals surface area contributed by atoms with Crippen molar-refractivity contribution in [3.8, 4) is 0 Å². The van der Waals surface area contributed by atoms with Gasteiger partial charge in [-0.15, -0.1) is 0 Å². The van der Waals surface area contributed by atoms with Gasteiger partial charge in [0.25, 0.3) is 5.91 Å². The van der Waals surface area contributed by atoms with Gasteiger partial charge in [-0.2, -0.15) is 13.2 Å². The summed E-state index contributed by atoms with van der Waals surface area (Å²) in [7, 11) is 3.34. The van der Waals surface area contributed by atoms with Crippen molar-refractivity contribution in [3.05, 3.63) is 52.3 Å². The third-order valence-corrected chi connectivity index (χ3v) is 4.06. The molecule has 0 atom stereocenters. The molecule has 1 aromatic heterocycles. The number of aryl methyl sites for hydroxylation is 1. The summed E-state index contributed by atoms with van der Waals surface area (Å²) in [5, 5.41) is 2.48. The minimum atomic E-state index is -4.55. The van der Waals surface area contributed by atoms with E-state index in [1.165, 1.54) is 22.9 Å². The molecule has 1 aromatic carbocycles. The maximum Gasteiger partial charge on any atom is 0.416 e. The van der Waals surface area contributed by atoms with Crippen molar-refractivity contribution in [2.75, 3.05) is 24.8 Å². The molecule has 0 aliphatic rings. The molecule has 0 saturated heterocycles. The van der Waals surface area contributed by atoms with Crippen LogP contribution in [0.5, 0.6) is 0 Å². The number of primary amides is 1. The number of benzene rings is 1. The third kappa shape index (κ3) is 4.83. The van der Waals surface area contributed by atoms with Gasteiger partial charge >= 0.3 is 12.2 Å². The Hall–Kier alpha value is -3.01. The van der Waals surface area contributed by atoms with E-state index < -0.39 is 23.7 Å². The summed E-state index contributed by atoms with van der Waals surface area (Å²) in [6.07, 6.45) is -4.55. The molecular formula is C18H22F3N5O2. The highest BCUT2D eigenvalue weighted by molar-refractivity contribution is 6.05. The van der Waals surface area contributed by atoms with Crippen LogP contribution < -0.4 is 16.5 Å². The van der Waals surface area contributed by atoms with Gasteiger partial charge in [0, 0.05) is 23.6 Å². The van der Waals surface area contributed by atoms with Gasteiger partial charge in [-0.3, -0.25) is 9.47 Å². The number of nitrogens with two attached hydrogens (primary N) is 1. The van der Waals surface area contributed by atoms with E-state index in [1.807, 2.05) is 0 Å². The van der Waals surface area contributed by atoms with Crippen LogP contribution in [0.3, 0.4) is 0 Å². The number of rotatable bonds is 5. The highest BCUT2D eigenvalue weighted by atomic mass is 19.4. The highest BCUT2D eigenvalue weighted by Crippen LogP contribution is 2.34. The quantitative estimate of drug-likeness (QED) is 0.724. The number of carbonyl (C=O) groups excluding carboxylic acids is 2. The van der Waals surface area contributed by atoms with Crippen molar-refractivity contribution >= 4 is 17.6 Å². The zero-order valence-electron chi connectivity index (χ0n) is 15.9. The molecule has 0 fully saturated rings. The van der Waals surface area contributed by atoms with Crippen LogP contribution in [0.25, 0.3) is 0 Å². The Morgan fingerprint density at radius 2 is 1.82 bits per heavy atom. The Kier molecular flexibility index (Phi) is 6.03. The normalized spacial score (nSPS) is 11.6. The molecule has 3 amide bonds. The monoisotopic (exact) mass is 397 g/mol. The Labute approximate surface area is 160 Å². The molecule has 7 nitrogen and oxygen atoms in total. The first-order chi connectivity index (χ1) is 12.9. The lowest BCUT2D eigenvalue weighted by atomic mass is 10.1. The molecule has 0 aliphatic carbocycles. The smallest absolute Gasteiger partial charge is 0.350 e. The first kappa shape index (κ1) is 21.3. The molecule has 0 unspecified atom stereocenters. The number of amides is 3. The third-order valence-electron chi connectivity index (χ3n) is 4.06. The lowest BCUT2D eigenvalue weighted by molar-refractivity contribution is -0.138. The van der Waals surface area contributed by atoms with E-state index in [1.54, 1.807) is 32.8 Å². The van der Waals surface area contributed by atoms with Gasteiger partial charge in [-0.25, -0.2) is 10.2 Å². The highest BCUT2D eigenvalue weighted by Gasteiger charge is 2.33. The first-order valence-corrected chi connectivity index (χ1v) is 8.31. The zero-order chi connectivity index (χ0) is 21.2. The van der Waals surface area contributed by atoms with Crippen LogP contribution in [0.2, 0.25) is 0 Å². The number of hydrogen-bond acceptors (Lipinski definition) is 3. The molecule has 2 aromatic rings. The molecule has 4 N–H and O–H groups in total. The molecule has 0 spiro atoms. The van der Waals surface area contributed by atoms with Crippen LogP contribution in [0.15, 0.2) is 24.3 Å². The lowest BCUT2D eigenvalue weighted by Crippen LogP contribution is -2.29. The fourth-order valence-corrected chi connectivity index (χ4v) is 2.87. The molecule has 0 saturated carbocycles. The van der Waals surface area contributed by atoms with Gasteiger partial charge in [0.1, 0.15) is 0 Å². The Morgan fingerprint density at radius 1 is 1.18 bits per heavy atom. The SMILES string of the molecule is Cc1cc(C(=O)Nc2ccc(CN(C)C)c(C(F)(F)F)c2)c(C)n1NC(N)=O. The van der Waals surface area contributed by atoms with Gasteiger partial charge in [-0.05, 0) is 51.7 Å². The Bertz CT molecular complexity index is 903. The number of nitrogens with zero attached hydrogens (tertiary/aromatic N) is 2. The second-order valence-corrected chi connectivity index (χ2v) is 6.66. The number of hydrogen-bond donors (Lipinski definition) is 3. The molecular weight excluding hydrogens is 375 g/mol. The number of aromatic nitrogens is 1. The van der Waals surface area contributed by atoms with Gasteiger partial charge in [0.15, 0.2) is 0 Å². The largest absolute Gasteiger partial charge is 0.416 e. The number of alkyl halides is 3. The van der Waals surface area contributed by atoms with Crippen molar-refractivity contribution in [3.63, 3.8) is 0 Å². The van der Waals surface area contributed by atoms with Crippen LogP contribution in [0, 0.1) is 13.8 Å². The van der Waals surface area contributed by atoms with Crippen LogP contribution in [-0.2, 0) is 12.7 Å². The van der Waals surface area contributed by atoms with E-state index in [9.17, 15) is 22.8 Å². The summed E-state index contributed by atoms with van der Waals surface area (Å²) in [6.45, 7) is 3.35. The second-order valence-electron chi connectivity index (χ2n) is 6.66. The van der Waals surface area contributed by atoms with Crippen LogP contribution >= 0.6 is 0 Å². The van der Waals surface area contributed by atoms with Gasteiger partial charge in [-0.1, -0.05) is 6.07 Å². The number of urea groups is 1. The summed E-state index contributed by atoms with van der Waals surface area (Å²) in [4.78, 5) is 25.2. The van der Waals surface area contributed by atoms with E-state index in [4.69, 9.17) is 5.73 Å².